The minimum Gasteiger partial charge on any atom is -0.310 e. The molecule has 0 radical (unpaired) electrons. The molecule has 1 aromatic carbocycles. The fourth-order valence-corrected chi connectivity index (χ4v) is 2.06. The van der Waals surface area contributed by atoms with E-state index in [1.165, 1.54) is 6.07 Å². The fourth-order valence-electron chi connectivity index (χ4n) is 1.87. The second kappa shape index (κ2) is 7.34. The first kappa shape index (κ1) is 14.9. The summed E-state index contributed by atoms with van der Waals surface area (Å²) in [4.78, 5) is 10.3. The highest BCUT2D eigenvalue weighted by Crippen LogP contribution is 2.25. The molecule has 0 aliphatic carbocycles. The van der Waals surface area contributed by atoms with E-state index in [9.17, 15) is 10.1 Å². The molecule has 1 atom stereocenters. The molecular formula is C13H19ClN2O2. The summed E-state index contributed by atoms with van der Waals surface area (Å²) in [7, 11) is 0. The molecule has 0 bridgehead atoms. The van der Waals surface area contributed by atoms with Crippen LogP contribution >= 0.6 is 11.6 Å². The van der Waals surface area contributed by atoms with Gasteiger partial charge in [0.1, 0.15) is 5.02 Å². The lowest BCUT2D eigenvalue weighted by Gasteiger charge is -2.15. The molecule has 0 fully saturated rings. The highest BCUT2D eigenvalue weighted by molar-refractivity contribution is 6.32. The summed E-state index contributed by atoms with van der Waals surface area (Å²) in [5, 5.41) is 14.4. The van der Waals surface area contributed by atoms with E-state index in [1.807, 2.05) is 6.07 Å². The third-order valence-electron chi connectivity index (χ3n) is 2.93. The van der Waals surface area contributed by atoms with Crippen LogP contribution in [0.5, 0.6) is 0 Å². The zero-order valence-electron chi connectivity index (χ0n) is 10.8. The molecule has 18 heavy (non-hydrogen) atoms. The van der Waals surface area contributed by atoms with Gasteiger partial charge in [-0.25, -0.2) is 0 Å². The first-order chi connectivity index (χ1) is 8.58. The van der Waals surface area contributed by atoms with Crippen LogP contribution in [0.25, 0.3) is 0 Å². The van der Waals surface area contributed by atoms with Gasteiger partial charge in [0.2, 0.25) is 0 Å². The second-order valence-corrected chi connectivity index (χ2v) is 4.72. The Morgan fingerprint density at radius 1 is 1.44 bits per heavy atom. The van der Waals surface area contributed by atoms with Gasteiger partial charge in [-0.1, -0.05) is 37.9 Å². The smallest absolute Gasteiger partial charge is 0.288 e. The average Bonchev–Trinajstić information content (AvgIpc) is 2.35. The Kier molecular flexibility index (Phi) is 6.09. The molecular weight excluding hydrogens is 252 g/mol. The molecule has 0 aromatic heterocycles. The van der Waals surface area contributed by atoms with Crippen LogP contribution in [0.3, 0.4) is 0 Å². The van der Waals surface area contributed by atoms with Gasteiger partial charge >= 0.3 is 0 Å². The molecule has 0 aliphatic heterocycles. The third-order valence-corrected chi connectivity index (χ3v) is 3.25. The summed E-state index contributed by atoms with van der Waals surface area (Å²) in [6, 6.07) is 5.40. The van der Waals surface area contributed by atoms with Crippen LogP contribution in [-0.4, -0.2) is 11.0 Å². The number of nitro groups is 1. The number of benzene rings is 1. The van der Waals surface area contributed by atoms with E-state index in [-0.39, 0.29) is 10.7 Å². The van der Waals surface area contributed by atoms with E-state index >= 15 is 0 Å². The molecule has 4 nitrogen and oxygen atoms in total. The fraction of sp³-hybridized carbons (Fsp3) is 0.538. The average molecular weight is 271 g/mol. The van der Waals surface area contributed by atoms with Crippen LogP contribution in [0.2, 0.25) is 5.02 Å². The maximum absolute atomic E-state index is 10.8. The molecule has 0 heterocycles. The summed E-state index contributed by atoms with van der Waals surface area (Å²) in [6.07, 6.45) is 3.31. The summed E-state index contributed by atoms with van der Waals surface area (Å²) in [5.74, 6) is 0. The van der Waals surface area contributed by atoms with Crippen molar-refractivity contribution in [3.8, 4) is 0 Å². The van der Waals surface area contributed by atoms with Crippen LogP contribution in [0, 0.1) is 10.1 Å². The van der Waals surface area contributed by atoms with Crippen molar-refractivity contribution in [2.24, 2.45) is 0 Å². The maximum Gasteiger partial charge on any atom is 0.288 e. The van der Waals surface area contributed by atoms with Gasteiger partial charge in [0.15, 0.2) is 0 Å². The molecule has 1 N–H and O–H groups in total. The second-order valence-electron chi connectivity index (χ2n) is 4.32. The molecule has 5 heteroatoms. The number of hydrogen-bond acceptors (Lipinski definition) is 3. The molecule has 0 spiro atoms. The van der Waals surface area contributed by atoms with E-state index in [2.05, 4.69) is 19.2 Å². The third kappa shape index (κ3) is 4.27. The Morgan fingerprint density at radius 3 is 2.72 bits per heavy atom. The molecule has 1 unspecified atom stereocenters. The van der Waals surface area contributed by atoms with E-state index in [4.69, 9.17) is 11.6 Å². The summed E-state index contributed by atoms with van der Waals surface area (Å²) >= 11 is 5.77. The Balaban J connectivity index is 2.67. The molecule has 0 saturated heterocycles. The van der Waals surface area contributed by atoms with Gasteiger partial charge in [0.05, 0.1) is 4.92 Å². The summed E-state index contributed by atoms with van der Waals surface area (Å²) in [5.41, 5.74) is 0.861. The topological polar surface area (TPSA) is 55.2 Å². The number of hydrogen-bond donors (Lipinski definition) is 1. The summed E-state index contributed by atoms with van der Waals surface area (Å²) in [6.45, 7) is 4.92. The van der Waals surface area contributed by atoms with Crippen LogP contribution < -0.4 is 5.32 Å². The van der Waals surface area contributed by atoms with Gasteiger partial charge in [-0.3, -0.25) is 10.1 Å². The first-order valence-electron chi connectivity index (χ1n) is 6.24. The standard InChI is InChI=1S/C13H19ClN2O2/c1-3-5-11(4-2)15-9-10-6-7-12(14)13(8-10)16(17)18/h6-8,11,15H,3-5,9H2,1-2H3. The monoisotopic (exact) mass is 270 g/mol. The molecule has 0 amide bonds. The van der Waals surface area contributed by atoms with Crippen LogP contribution in [-0.2, 0) is 6.54 Å². The lowest BCUT2D eigenvalue weighted by Crippen LogP contribution is -2.27. The minimum absolute atomic E-state index is 0.0282. The number of halogens is 1. The van der Waals surface area contributed by atoms with Crippen molar-refractivity contribution < 1.29 is 4.92 Å². The quantitative estimate of drug-likeness (QED) is 0.603. The van der Waals surface area contributed by atoms with Crippen molar-refractivity contribution >= 4 is 17.3 Å². The van der Waals surface area contributed by atoms with Gasteiger partial charge in [0.25, 0.3) is 5.69 Å². The zero-order chi connectivity index (χ0) is 13.5. The van der Waals surface area contributed by atoms with Crippen molar-refractivity contribution in [2.45, 2.75) is 45.7 Å². The van der Waals surface area contributed by atoms with Crippen molar-refractivity contribution in [3.05, 3.63) is 38.9 Å². The van der Waals surface area contributed by atoms with Crippen molar-refractivity contribution in [3.63, 3.8) is 0 Å². The Bertz CT molecular complexity index is 410. The zero-order valence-corrected chi connectivity index (χ0v) is 11.5. The van der Waals surface area contributed by atoms with E-state index in [1.54, 1.807) is 6.07 Å². The predicted molar refractivity (Wildman–Crippen MR) is 73.9 cm³/mol. The molecule has 1 rings (SSSR count). The van der Waals surface area contributed by atoms with E-state index < -0.39 is 4.92 Å². The number of nitrogens with zero attached hydrogens (tertiary/aromatic N) is 1. The van der Waals surface area contributed by atoms with Gasteiger partial charge in [-0.15, -0.1) is 0 Å². The molecule has 0 aliphatic rings. The van der Waals surface area contributed by atoms with E-state index in [0.29, 0.717) is 12.6 Å². The van der Waals surface area contributed by atoms with Gasteiger partial charge in [0, 0.05) is 18.7 Å². The van der Waals surface area contributed by atoms with Crippen LogP contribution in [0.15, 0.2) is 18.2 Å². The number of nitrogens with one attached hydrogen (secondary N) is 1. The minimum atomic E-state index is -0.449. The van der Waals surface area contributed by atoms with Gasteiger partial charge < -0.3 is 5.32 Å². The van der Waals surface area contributed by atoms with Crippen molar-refractivity contribution in [1.29, 1.82) is 0 Å². The largest absolute Gasteiger partial charge is 0.310 e. The van der Waals surface area contributed by atoms with E-state index in [0.717, 1.165) is 24.8 Å². The molecule has 1 aromatic rings. The molecule has 0 saturated carbocycles. The van der Waals surface area contributed by atoms with Crippen molar-refractivity contribution in [1.82, 2.24) is 5.32 Å². The van der Waals surface area contributed by atoms with Crippen LogP contribution in [0.1, 0.15) is 38.7 Å². The Hall–Kier alpha value is -1.13. The van der Waals surface area contributed by atoms with Gasteiger partial charge in [-0.05, 0) is 24.5 Å². The first-order valence-corrected chi connectivity index (χ1v) is 6.62. The normalized spacial score (nSPS) is 12.4. The van der Waals surface area contributed by atoms with Crippen LogP contribution in [0.4, 0.5) is 5.69 Å². The molecule has 100 valence electrons. The number of nitro benzene ring substituents is 1. The SMILES string of the molecule is CCCC(CC)NCc1ccc(Cl)c([N+](=O)[O-])c1. The number of rotatable bonds is 7. The maximum atomic E-state index is 10.8. The highest BCUT2D eigenvalue weighted by Gasteiger charge is 2.13. The lowest BCUT2D eigenvalue weighted by molar-refractivity contribution is -0.384. The lowest BCUT2D eigenvalue weighted by atomic mass is 10.1. The Morgan fingerprint density at radius 2 is 2.17 bits per heavy atom. The Labute approximate surface area is 112 Å². The summed E-state index contributed by atoms with van der Waals surface area (Å²) < 4.78 is 0. The van der Waals surface area contributed by atoms with Crippen molar-refractivity contribution in [2.75, 3.05) is 0 Å². The van der Waals surface area contributed by atoms with Gasteiger partial charge in [-0.2, -0.15) is 0 Å². The highest BCUT2D eigenvalue weighted by atomic mass is 35.5. The predicted octanol–water partition coefficient (Wildman–Crippen LogP) is 3.92.